The summed E-state index contributed by atoms with van der Waals surface area (Å²) in [5.74, 6) is 1.15. The molecule has 4 aromatic rings. The Morgan fingerprint density at radius 1 is 1.14 bits per heavy atom. The van der Waals surface area contributed by atoms with Crippen molar-refractivity contribution in [2.75, 3.05) is 14.2 Å². The van der Waals surface area contributed by atoms with Gasteiger partial charge in [0.1, 0.15) is 5.69 Å². The molecule has 0 spiro atoms. The Kier molecular flexibility index (Phi) is 5.16. The van der Waals surface area contributed by atoms with Gasteiger partial charge in [-0.1, -0.05) is 17.4 Å². The predicted octanol–water partition coefficient (Wildman–Crippen LogP) is 2.04. The van der Waals surface area contributed by atoms with Gasteiger partial charge in [-0.15, -0.1) is 11.3 Å². The lowest BCUT2D eigenvalue weighted by molar-refractivity contribution is 0.354. The number of ether oxygens (including phenoxy) is 2. The number of rotatable bonds is 5. The minimum Gasteiger partial charge on any atom is -0.493 e. The van der Waals surface area contributed by atoms with E-state index in [-0.39, 0.29) is 22.6 Å². The molecule has 0 aliphatic carbocycles. The molecule has 0 unspecified atom stereocenters. The second-order valence-electron chi connectivity index (χ2n) is 6.31. The van der Waals surface area contributed by atoms with Crippen LogP contribution >= 0.6 is 22.7 Å². The fraction of sp³-hybridized carbons (Fsp3) is 0.200. The lowest BCUT2D eigenvalue weighted by atomic mass is 10.1. The van der Waals surface area contributed by atoms with Gasteiger partial charge in [-0.2, -0.15) is 14.6 Å². The Hall–Kier alpha value is -3.04. The summed E-state index contributed by atoms with van der Waals surface area (Å²) in [5, 5.41) is 6.26. The Labute approximate surface area is 173 Å². The molecule has 0 fully saturated rings. The van der Waals surface area contributed by atoms with E-state index in [1.807, 2.05) is 30.5 Å². The van der Waals surface area contributed by atoms with Crippen LogP contribution in [0.4, 0.5) is 0 Å². The molecular weight excluding hydrogens is 410 g/mol. The van der Waals surface area contributed by atoms with Gasteiger partial charge in [0.15, 0.2) is 11.5 Å². The molecule has 4 rings (SSSR count). The molecule has 7 nitrogen and oxygen atoms in total. The number of hydrogen-bond acceptors (Lipinski definition) is 8. The van der Waals surface area contributed by atoms with Gasteiger partial charge in [0.25, 0.3) is 11.1 Å². The van der Waals surface area contributed by atoms with Gasteiger partial charge in [-0.3, -0.25) is 9.59 Å². The molecule has 0 atom stereocenters. The van der Waals surface area contributed by atoms with Crippen LogP contribution in [-0.4, -0.2) is 28.8 Å². The minimum atomic E-state index is -0.445. The van der Waals surface area contributed by atoms with Crippen LogP contribution in [0.1, 0.15) is 21.7 Å². The molecule has 0 saturated heterocycles. The number of methoxy groups -OCH3 is 2. The van der Waals surface area contributed by atoms with Crippen molar-refractivity contribution in [3.63, 3.8) is 0 Å². The normalized spacial score (nSPS) is 11.9. The molecular formula is C20H17N3O4S2. The molecule has 0 saturated carbocycles. The Morgan fingerprint density at radius 3 is 2.62 bits per heavy atom. The van der Waals surface area contributed by atoms with E-state index in [1.54, 1.807) is 37.7 Å². The van der Waals surface area contributed by atoms with Crippen molar-refractivity contribution in [2.24, 2.45) is 0 Å². The maximum atomic E-state index is 12.8. The summed E-state index contributed by atoms with van der Waals surface area (Å²) in [6.45, 7) is 1.99. The summed E-state index contributed by atoms with van der Waals surface area (Å²) in [4.78, 5) is 30.6. The molecule has 9 heteroatoms. The summed E-state index contributed by atoms with van der Waals surface area (Å²) >= 11 is 2.72. The number of thiophene rings is 1. The minimum absolute atomic E-state index is 0.198. The molecule has 29 heavy (non-hydrogen) atoms. The summed E-state index contributed by atoms with van der Waals surface area (Å²) < 4.78 is 12.2. The SMILES string of the molecule is COc1ccc(Cc2nn3c(=O)/c(=C/c4sccc4C)sc3nc2=O)cc1OC. The van der Waals surface area contributed by atoms with Crippen LogP contribution in [0.2, 0.25) is 0 Å². The molecule has 3 heterocycles. The first-order valence-electron chi connectivity index (χ1n) is 8.69. The Morgan fingerprint density at radius 2 is 1.93 bits per heavy atom. The van der Waals surface area contributed by atoms with E-state index in [4.69, 9.17) is 9.47 Å². The Balaban J connectivity index is 1.77. The molecule has 0 radical (unpaired) electrons. The topological polar surface area (TPSA) is 82.8 Å². The number of benzene rings is 1. The summed E-state index contributed by atoms with van der Waals surface area (Å²) in [6.07, 6.45) is 2.05. The van der Waals surface area contributed by atoms with E-state index in [0.717, 1.165) is 27.3 Å². The number of nitrogens with zero attached hydrogens (tertiary/aromatic N) is 3. The van der Waals surface area contributed by atoms with Gasteiger partial charge >= 0.3 is 0 Å². The fourth-order valence-electron chi connectivity index (χ4n) is 2.89. The third kappa shape index (κ3) is 3.66. The van der Waals surface area contributed by atoms with Crippen molar-refractivity contribution >= 4 is 33.7 Å². The van der Waals surface area contributed by atoms with Gasteiger partial charge in [-0.05, 0) is 47.7 Å². The number of aromatic nitrogens is 3. The average Bonchev–Trinajstić information content (AvgIpc) is 3.25. The van der Waals surface area contributed by atoms with Crippen molar-refractivity contribution in [1.82, 2.24) is 14.6 Å². The number of aryl methyl sites for hydroxylation is 1. The average molecular weight is 428 g/mol. The molecule has 0 N–H and O–H groups in total. The zero-order valence-corrected chi connectivity index (χ0v) is 17.6. The van der Waals surface area contributed by atoms with E-state index in [9.17, 15) is 9.59 Å². The second-order valence-corrected chi connectivity index (χ2v) is 8.26. The lowest BCUT2D eigenvalue weighted by Crippen LogP contribution is -2.28. The highest BCUT2D eigenvalue weighted by atomic mass is 32.1. The molecule has 0 aliphatic heterocycles. The first kappa shape index (κ1) is 19.3. The quantitative estimate of drug-likeness (QED) is 0.485. The summed E-state index contributed by atoms with van der Waals surface area (Å²) in [7, 11) is 3.10. The monoisotopic (exact) mass is 427 g/mol. The smallest absolute Gasteiger partial charge is 0.296 e. The highest BCUT2D eigenvalue weighted by Crippen LogP contribution is 2.28. The van der Waals surface area contributed by atoms with Gasteiger partial charge < -0.3 is 9.47 Å². The molecule has 148 valence electrons. The summed E-state index contributed by atoms with van der Waals surface area (Å²) in [6, 6.07) is 7.36. The van der Waals surface area contributed by atoms with Crippen LogP contribution in [0.5, 0.6) is 11.5 Å². The number of hydrogen-bond donors (Lipinski definition) is 0. The van der Waals surface area contributed by atoms with E-state index >= 15 is 0 Å². The molecule has 0 aliphatic rings. The maximum Gasteiger partial charge on any atom is 0.296 e. The van der Waals surface area contributed by atoms with Crippen molar-refractivity contribution in [3.05, 3.63) is 76.6 Å². The van der Waals surface area contributed by atoms with Crippen LogP contribution in [-0.2, 0) is 6.42 Å². The fourth-order valence-corrected chi connectivity index (χ4v) is 4.71. The zero-order chi connectivity index (χ0) is 20.5. The first-order valence-corrected chi connectivity index (χ1v) is 10.4. The number of thiazole rings is 1. The van der Waals surface area contributed by atoms with Crippen LogP contribution in [0.15, 0.2) is 39.2 Å². The lowest BCUT2D eigenvalue weighted by Gasteiger charge is -2.09. The van der Waals surface area contributed by atoms with Crippen molar-refractivity contribution in [3.8, 4) is 11.5 Å². The van der Waals surface area contributed by atoms with E-state index in [2.05, 4.69) is 10.1 Å². The molecule has 0 amide bonds. The third-order valence-electron chi connectivity index (χ3n) is 4.43. The van der Waals surface area contributed by atoms with Gasteiger partial charge in [0.2, 0.25) is 4.96 Å². The largest absolute Gasteiger partial charge is 0.493 e. The predicted molar refractivity (Wildman–Crippen MR) is 114 cm³/mol. The van der Waals surface area contributed by atoms with Crippen molar-refractivity contribution in [1.29, 1.82) is 0 Å². The van der Waals surface area contributed by atoms with Gasteiger partial charge in [0, 0.05) is 11.3 Å². The third-order valence-corrected chi connectivity index (χ3v) is 6.36. The zero-order valence-electron chi connectivity index (χ0n) is 16.0. The van der Waals surface area contributed by atoms with E-state index < -0.39 is 5.56 Å². The first-order chi connectivity index (χ1) is 14.0. The maximum absolute atomic E-state index is 12.8. The van der Waals surface area contributed by atoms with Crippen LogP contribution in [0.25, 0.3) is 11.0 Å². The van der Waals surface area contributed by atoms with Gasteiger partial charge in [0.05, 0.1) is 18.8 Å². The molecule has 3 aromatic heterocycles. The molecule has 0 bridgehead atoms. The van der Waals surface area contributed by atoms with Crippen molar-refractivity contribution < 1.29 is 9.47 Å². The van der Waals surface area contributed by atoms with E-state index in [0.29, 0.717) is 16.0 Å². The Bertz CT molecular complexity index is 1370. The summed E-state index contributed by atoms with van der Waals surface area (Å²) in [5.41, 5.74) is 1.37. The van der Waals surface area contributed by atoms with Crippen LogP contribution < -0.4 is 25.1 Å². The highest BCUT2D eigenvalue weighted by Gasteiger charge is 2.13. The van der Waals surface area contributed by atoms with Crippen LogP contribution in [0, 0.1) is 6.92 Å². The van der Waals surface area contributed by atoms with Gasteiger partial charge in [-0.25, -0.2) is 0 Å². The van der Waals surface area contributed by atoms with E-state index in [1.165, 1.54) is 4.52 Å². The van der Waals surface area contributed by atoms with Crippen molar-refractivity contribution in [2.45, 2.75) is 13.3 Å². The second kappa shape index (κ2) is 7.76. The number of fused-ring (bicyclic) bond motifs is 1. The highest BCUT2D eigenvalue weighted by molar-refractivity contribution is 7.15. The standard InChI is InChI=1S/C20H17N3O4S2/c1-11-6-7-28-16(11)10-17-19(25)23-20(29-17)21-18(24)13(22-23)8-12-4-5-14(26-2)15(9-12)27-3/h4-7,9-10H,8H2,1-3H3/b17-10-. The van der Waals surface area contributed by atoms with Crippen LogP contribution in [0.3, 0.4) is 0 Å². The molecule has 1 aromatic carbocycles.